The quantitative estimate of drug-likeness (QED) is 0.786. The SMILES string of the molecule is CCOC(=O)NC1CC(C)(C)CC(C)(CNC(=O)CSC)C1. The largest absolute Gasteiger partial charge is 0.450 e. The van der Waals surface area contributed by atoms with Gasteiger partial charge in [0.05, 0.1) is 12.4 Å². The molecule has 0 aromatic carbocycles. The first-order valence-electron chi connectivity index (χ1n) is 7.89. The molecule has 2 atom stereocenters. The fourth-order valence-electron chi connectivity index (χ4n) is 3.70. The highest BCUT2D eigenvalue weighted by Crippen LogP contribution is 2.45. The minimum absolute atomic E-state index is 0.0139. The van der Waals surface area contributed by atoms with Gasteiger partial charge in [0.1, 0.15) is 0 Å². The summed E-state index contributed by atoms with van der Waals surface area (Å²) in [6.45, 7) is 9.45. The van der Waals surface area contributed by atoms with Crippen LogP contribution in [0.2, 0.25) is 0 Å². The molecule has 128 valence electrons. The van der Waals surface area contributed by atoms with Crippen molar-refractivity contribution in [3.63, 3.8) is 0 Å². The molecule has 0 aromatic heterocycles. The van der Waals surface area contributed by atoms with Gasteiger partial charge in [-0.15, -0.1) is 0 Å². The molecule has 1 fully saturated rings. The second-order valence-corrected chi connectivity index (χ2v) is 8.20. The Bertz CT molecular complexity index is 401. The fraction of sp³-hybridized carbons (Fsp3) is 0.875. The molecule has 2 unspecified atom stereocenters. The van der Waals surface area contributed by atoms with Crippen LogP contribution in [0.15, 0.2) is 0 Å². The number of thioether (sulfide) groups is 1. The summed E-state index contributed by atoms with van der Waals surface area (Å²) in [5, 5.41) is 5.99. The predicted octanol–water partition coefficient (Wildman–Crippen LogP) is 2.80. The van der Waals surface area contributed by atoms with Crippen molar-refractivity contribution in [2.45, 2.75) is 53.0 Å². The van der Waals surface area contributed by atoms with Crippen LogP contribution in [0.3, 0.4) is 0 Å². The van der Waals surface area contributed by atoms with E-state index in [2.05, 4.69) is 31.4 Å². The van der Waals surface area contributed by atoms with Crippen molar-refractivity contribution < 1.29 is 14.3 Å². The average Bonchev–Trinajstić information content (AvgIpc) is 2.34. The predicted molar refractivity (Wildman–Crippen MR) is 91.1 cm³/mol. The summed E-state index contributed by atoms with van der Waals surface area (Å²) < 4.78 is 4.99. The standard InChI is InChI=1S/C16H30N2O3S/c1-6-21-14(20)18-12-7-15(2,3)10-16(4,8-12)11-17-13(19)9-22-5/h12H,6-11H2,1-5H3,(H,17,19)(H,18,20). The Balaban J connectivity index is 2.65. The Hall–Kier alpha value is -0.910. The highest BCUT2D eigenvalue weighted by Gasteiger charge is 2.41. The first-order valence-corrected chi connectivity index (χ1v) is 9.28. The van der Waals surface area contributed by atoms with Crippen LogP contribution in [-0.4, -0.2) is 43.2 Å². The number of rotatable bonds is 6. The van der Waals surface area contributed by atoms with Gasteiger partial charge in [0.15, 0.2) is 0 Å². The summed E-state index contributed by atoms with van der Waals surface area (Å²) in [4.78, 5) is 23.4. The van der Waals surface area contributed by atoms with E-state index in [-0.39, 0.29) is 28.9 Å². The van der Waals surface area contributed by atoms with E-state index in [0.717, 1.165) is 19.3 Å². The van der Waals surface area contributed by atoms with Crippen molar-refractivity contribution in [2.75, 3.05) is 25.2 Å². The van der Waals surface area contributed by atoms with E-state index < -0.39 is 0 Å². The molecule has 5 nitrogen and oxygen atoms in total. The van der Waals surface area contributed by atoms with Crippen molar-refractivity contribution in [3.8, 4) is 0 Å². The Labute approximate surface area is 138 Å². The van der Waals surface area contributed by atoms with Gasteiger partial charge in [-0.25, -0.2) is 4.79 Å². The summed E-state index contributed by atoms with van der Waals surface area (Å²) in [5.74, 6) is 0.566. The summed E-state index contributed by atoms with van der Waals surface area (Å²) in [7, 11) is 0. The van der Waals surface area contributed by atoms with Crippen LogP contribution < -0.4 is 10.6 Å². The van der Waals surface area contributed by atoms with Crippen molar-refractivity contribution in [2.24, 2.45) is 10.8 Å². The van der Waals surface area contributed by atoms with Gasteiger partial charge in [-0.1, -0.05) is 20.8 Å². The number of nitrogens with one attached hydrogen (secondary N) is 2. The lowest BCUT2D eigenvalue weighted by molar-refractivity contribution is -0.119. The van der Waals surface area contributed by atoms with Gasteiger partial charge in [0.25, 0.3) is 0 Å². The number of carbonyl (C=O) groups is 2. The molecule has 0 saturated heterocycles. The lowest BCUT2D eigenvalue weighted by Crippen LogP contribution is -2.50. The van der Waals surface area contributed by atoms with Gasteiger partial charge in [-0.3, -0.25) is 4.79 Å². The molecule has 6 heteroatoms. The van der Waals surface area contributed by atoms with Crippen LogP contribution >= 0.6 is 11.8 Å². The molecular formula is C16H30N2O3S. The summed E-state index contributed by atoms with van der Waals surface area (Å²) in [5.41, 5.74) is 0.112. The zero-order valence-electron chi connectivity index (χ0n) is 14.5. The van der Waals surface area contributed by atoms with E-state index in [1.165, 1.54) is 11.8 Å². The topological polar surface area (TPSA) is 67.4 Å². The van der Waals surface area contributed by atoms with E-state index in [9.17, 15) is 9.59 Å². The zero-order chi connectivity index (χ0) is 16.8. The van der Waals surface area contributed by atoms with Gasteiger partial charge in [-0.05, 0) is 43.3 Å². The molecule has 22 heavy (non-hydrogen) atoms. The molecule has 1 rings (SSSR count). The molecule has 2 amide bonds. The molecule has 1 aliphatic rings. The van der Waals surface area contributed by atoms with E-state index >= 15 is 0 Å². The average molecular weight is 330 g/mol. The van der Waals surface area contributed by atoms with Crippen LogP contribution in [0.25, 0.3) is 0 Å². The van der Waals surface area contributed by atoms with Crippen molar-refractivity contribution >= 4 is 23.8 Å². The van der Waals surface area contributed by atoms with Crippen LogP contribution in [-0.2, 0) is 9.53 Å². The number of hydrogen-bond donors (Lipinski definition) is 2. The third-order valence-electron chi connectivity index (χ3n) is 4.03. The Morgan fingerprint density at radius 2 is 1.95 bits per heavy atom. The maximum absolute atomic E-state index is 11.7. The lowest BCUT2D eigenvalue weighted by atomic mass is 9.62. The number of amides is 2. The molecule has 0 bridgehead atoms. The smallest absolute Gasteiger partial charge is 0.407 e. The van der Waals surface area contributed by atoms with Crippen molar-refractivity contribution in [1.29, 1.82) is 0 Å². The summed E-state index contributed by atoms with van der Waals surface area (Å²) in [6.07, 6.45) is 4.39. The normalized spacial score (nSPS) is 27.0. The number of carbonyl (C=O) groups excluding carboxylic acids is 2. The van der Waals surface area contributed by atoms with Crippen LogP contribution in [0.1, 0.15) is 47.0 Å². The van der Waals surface area contributed by atoms with E-state index in [1.54, 1.807) is 6.92 Å². The molecule has 0 aromatic rings. The third-order valence-corrected chi connectivity index (χ3v) is 4.58. The van der Waals surface area contributed by atoms with E-state index in [4.69, 9.17) is 4.74 Å². The zero-order valence-corrected chi connectivity index (χ0v) is 15.3. The number of hydrogen-bond acceptors (Lipinski definition) is 4. The molecule has 0 radical (unpaired) electrons. The summed E-state index contributed by atoms with van der Waals surface area (Å²) >= 11 is 1.52. The van der Waals surface area contributed by atoms with Gasteiger partial charge in [-0.2, -0.15) is 11.8 Å². The second-order valence-electron chi connectivity index (χ2n) is 7.33. The molecular weight excluding hydrogens is 300 g/mol. The maximum atomic E-state index is 11.7. The molecule has 2 N–H and O–H groups in total. The van der Waals surface area contributed by atoms with Gasteiger partial charge in [0.2, 0.25) is 5.91 Å². The third kappa shape index (κ3) is 6.46. The van der Waals surface area contributed by atoms with Crippen molar-refractivity contribution in [1.82, 2.24) is 10.6 Å². The monoisotopic (exact) mass is 330 g/mol. The molecule has 1 saturated carbocycles. The Kier molecular flexibility index (Phi) is 7.03. The van der Waals surface area contributed by atoms with Crippen LogP contribution in [0.4, 0.5) is 4.79 Å². The lowest BCUT2D eigenvalue weighted by Gasteiger charge is -2.46. The number of alkyl carbamates (subject to hydrolysis) is 1. The van der Waals surface area contributed by atoms with E-state index in [1.807, 2.05) is 6.26 Å². The summed E-state index contributed by atoms with van der Waals surface area (Å²) in [6, 6.07) is 0.0882. The molecule has 1 aliphatic carbocycles. The van der Waals surface area contributed by atoms with Crippen LogP contribution in [0, 0.1) is 10.8 Å². The van der Waals surface area contributed by atoms with Crippen molar-refractivity contribution in [3.05, 3.63) is 0 Å². The molecule has 0 aliphatic heterocycles. The molecule has 0 spiro atoms. The maximum Gasteiger partial charge on any atom is 0.407 e. The highest BCUT2D eigenvalue weighted by molar-refractivity contribution is 7.99. The first-order chi connectivity index (χ1) is 10.2. The second kappa shape index (κ2) is 8.09. The fourth-order valence-corrected chi connectivity index (χ4v) is 4.07. The molecule has 0 heterocycles. The Morgan fingerprint density at radius 1 is 1.27 bits per heavy atom. The number of ether oxygens (including phenoxy) is 1. The minimum atomic E-state index is -0.348. The van der Waals surface area contributed by atoms with E-state index in [0.29, 0.717) is 18.9 Å². The first kappa shape index (κ1) is 19.1. The van der Waals surface area contributed by atoms with Gasteiger partial charge in [0, 0.05) is 12.6 Å². The minimum Gasteiger partial charge on any atom is -0.450 e. The van der Waals surface area contributed by atoms with Gasteiger partial charge < -0.3 is 15.4 Å². The Morgan fingerprint density at radius 3 is 2.55 bits per heavy atom. The van der Waals surface area contributed by atoms with Crippen LogP contribution in [0.5, 0.6) is 0 Å². The highest BCUT2D eigenvalue weighted by atomic mass is 32.2. The van der Waals surface area contributed by atoms with Gasteiger partial charge >= 0.3 is 6.09 Å².